The lowest BCUT2D eigenvalue weighted by molar-refractivity contribution is -0.140. The van der Waals surface area contributed by atoms with Crippen LogP contribution in [-0.4, -0.2) is 43.0 Å². The van der Waals surface area contributed by atoms with E-state index in [0.717, 1.165) is 31.2 Å². The van der Waals surface area contributed by atoms with Crippen molar-refractivity contribution in [1.29, 1.82) is 0 Å². The van der Waals surface area contributed by atoms with Crippen molar-refractivity contribution in [1.82, 2.24) is 4.90 Å². The summed E-state index contributed by atoms with van der Waals surface area (Å²) in [5.41, 5.74) is 4.51. The van der Waals surface area contributed by atoms with Crippen LogP contribution in [0.15, 0.2) is 66.2 Å². The fourth-order valence-corrected chi connectivity index (χ4v) is 5.38. The van der Waals surface area contributed by atoms with E-state index in [9.17, 15) is 14.7 Å². The molecule has 5 rings (SSSR count). The van der Waals surface area contributed by atoms with E-state index in [-0.39, 0.29) is 17.9 Å². The highest BCUT2D eigenvalue weighted by Gasteiger charge is 2.46. The molecule has 0 saturated carbocycles. The number of hydrogen-bond donors (Lipinski definition) is 1. The van der Waals surface area contributed by atoms with Crippen molar-refractivity contribution in [3.63, 3.8) is 0 Å². The van der Waals surface area contributed by atoms with E-state index in [2.05, 4.69) is 0 Å². The average Bonchev–Trinajstić information content (AvgIpc) is 3.21. The fourth-order valence-electron chi connectivity index (χ4n) is 5.38. The molecular weight excluding hydrogens is 482 g/mol. The zero-order chi connectivity index (χ0) is 26.8. The summed E-state index contributed by atoms with van der Waals surface area (Å²) >= 11 is 0. The summed E-state index contributed by atoms with van der Waals surface area (Å²) in [4.78, 5) is 28.4. The lowest BCUT2D eigenvalue weighted by Crippen LogP contribution is -2.29. The molecule has 38 heavy (non-hydrogen) atoms. The Hall–Kier alpha value is -4.26. The monoisotopic (exact) mass is 513 g/mol. The minimum Gasteiger partial charge on any atom is -0.507 e. The minimum atomic E-state index is -0.812. The summed E-state index contributed by atoms with van der Waals surface area (Å²) in [5.74, 6) is 0.133. The number of fused-ring (bicyclic) bond motifs is 1. The Balaban J connectivity index is 1.63. The van der Waals surface area contributed by atoms with Gasteiger partial charge in [0.15, 0.2) is 11.5 Å². The molecule has 1 N–H and O–H groups in total. The number of benzene rings is 3. The first kappa shape index (κ1) is 25.4. The number of nitrogens with zero attached hydrogens (tertiary/aromatic N) is 1. The third-order valence-electron chi connectivity index (χ3n) is 7.40. The van der Waals surface area contributed by atoms with Crippen LogP contribution in [0, 0.1) is 0 Å². The molecule has 0 radical (unpaired) electrons. The number of aliphatic hydroxyl groups excluding tert-OH is 1. The maximum absolute atomic E-state index is 13.5. The number of aryl methyl sites for hydroxylation is 2. The standard InChI is InChI=1S/C31H31NO6/c1-36-24-13-8-19(9-14-24)18-32-28(22-12-15-25(37-2)26(17-22)38-3)27(30(34)31(32)35)29(33)23-11-10-20-6-4-5-7-21(20)16-23/h8-17,28,33H,4-7,18H2,1-3H3/b29-27+. The Bertz CT molecular complexity index is 1410. The zero-order valence-corrected chi connectivity index (χ0v) is 21.8. The lowest BCUT2D eigenvalue weighted by Gasteiger charge is -2.26. The first-order valence-electron chi connectivity index (χ1n) is 12.7. The molecule has 3 aromatic carbocycles. The highest BCUT2D eigenvalue weighted by atomic mass is 16.5. The van der Waals surface area contributed by atoms with E-state index in [0.29, 0.717) is 28.4 Å². The molecule has 1 heterocycles. The Morgan fingerprint density at radius 3 is 2.24 bits per heavy atom. The molecule has 0 aromatic heterocycles. The van der Waals surface area contributed by atoms with Crippen molar-refractivity contribution in [2.75, 3.05) is 21.3 Å². The first-order valence-corrected chi connectivity index (χ1v) is 12.7. The zero-order valence-electron chi connectivity index (χ0n) is 21.8. The number of ketones is 1. The van der Waals surface area contributed by atoms with Gasteiger partial charge < -0.3 is 24.2 Å². The van der Waals surface area contributed by atoms with Crippen LogP contribution >= 0.6 is 0 Å². The van der Waals surface area contributed by atoms with Crippen LogP contribution in [0.2, 0.25) is 0 Å². The van der Waals surface area contributed by atoms with Crippen molar-refractivity contribution >= 4 is 17.4 Å². The Morgan fingerprint density at radius 2 is 1.55 bits per heavy atom. The molecule has 0 bridgehead atoms. The second kappa shape index (κ2) is 10.6. The summed E-state index contributed by atoms with van der Waals surface area (Å²) in [6.07, 6.45) is 4.18. The quantitative estimate of drug-likeness (QED) is 0.265. The predicted octanol–water partition coefficient (Wildman–Crippen LogP) is 5.21. The molecule has 1 amide bonds. The summed E-state index contributed by atoms with van der Waals surface area (Å²) in [6, 6.07) is 17.6. The van der Waals surface area contributed by atoms with Gasteiger partial charge in [0.1, 0.15) is 11.5 Å². The fraction of sp³-hybridized carbons (Fsp3) is 0.290. The summed E-state index contributed by atoms with van der Waals surface area (Å²) in [5, 5.41) is 11.5. The van der Waals surface area contributed by atoms with Crippen molar-refractivity contribution in [3.8, 4) is 17.2 Å². The molecule has 196 valence electrons. The average molecular weight is 514 g/mol. The van der Waals surface area contributed by atoms with Gasteiger partial charge in [-0.1, -0.05) is 30.3 Å². The van der Waals surface area contributed by atoms with Crippen molar-refractivity contribution < 1.29 is 28.9 Å². The number of ether oxygens (including phenoxy) is 3. The third-order valence-corrected chi connectivity index (χ3v) is 7.40. The van der Waals surface area contributed by atoms with Crippen LogP contribution in [-0.2, 0) is 29.0 Å². The number of rotatable bonds is 7. The van der Waals surface area contributed by atoms with Crippen LogP contribution in [0.1, 0.15) is 46.7 Å². The molecule has 1 saturated heterocycles. The Morgan fingerprint density at radius 1 is 0.842 bits per heavy atom. The van der Waals surface area contributed by atoms with Gasteiger partial charge in [-0.2, -0.15) is 0 Å². The maximum atomic E-state index is 13.5. The Labute approximate surface area is 222 Å². The van der Waals surface area contributed by atoms with E-state index in [1.165, 1.54) is 23.1 Å². The number of Topliss-reactive ketones (excluding diaryl/α,β-unsaturated/α-hetero) is 1. The molecule has 2 aliphatic rings. The molecule has 7 heteroatoms. The van der Waals surface area contributed by atoms with Gasteiger partial charge >= 0.3 is 0 Å². The van der Waals surface area contributed by atoms with E-state index < -0.39 is 17.7 Å². The van der Waals surface area contributed by atoms with Crippen LogP contribution in [0.3, 0.4) is 0 Å². The summed E-state index contributed by atoms with van der Waals surface area (Å²) in [6.45, 7) is 0.175. The second-order valence-corrected chi connectivity index (χ2v) is 9.58. The topological polar surface area (TPSA) is 85.3 Å². The molecule has 1 unspecified atom stereocenters. The number of methoxy groups -OCH3 is 3. The normalized spacial score (nSPS) is 18.3. The number of amides is 1. The number of hydrogen-bond acceptors (Lipinski definition) is 6. The van der Waals surface area contributed by atoms with Gasteiger partial charge in [-0.25, -0.2) is 0 Å². The molecule has 7 nitrogen and oxygen atoms in total. The van der Waals surface area contributed by atoms with Gasteiger partial charge in [-0.15, -0.1) is 0 Å². The Kier molecular flexibility index (Phi) is 7.09. The van der Waals surface area contributed by atoms with Crippen LogP contribution in [0.25, 0.3) is 5.76 Å². The van der Waals surface area contributed by atoms with Crippen molar-refractivity contribution in [3.05, 3.63) is 94.1 Å². The molecule has 1 fully saturated rings. The van der Waals surface area contributed by atoms with E-state index >= 15 is 0 Å². The van der Waals surface area contributed by atoms with Gasteiger partial charge in [0.25, 0.3) is 11.7 Å². The number of aliphatic hydroxyl groups is 1. The molecular formula is C31H31NO6. The van der Waals surface area contributed by atoms with E-state index in [4.69, 9.17) is 14.2 Å². The number of carbonyl (C=O) groups is 2. The molecule has 1 atom stereocenters. The van der Waals surface area contributed by atoms with Gasteiger partial charge in [0.05, 0.1) is 32.9 Å². The SMILES string of the molecule is COc1ccc(CN2C(=O)C(=O)/C(=C(/O)c3ccc4c(c3)CCCC4)C2c2ccc(OC)c(OC)c2)cc1. The van der Waals surface area contributed by atoms with E-state index in [1.54, 1.807) is 32.4 Å². The van der Waals surface area contributed by atoms with E-state index in [1.807, 2.05) is 42.5 Å². The second-order valence-electron chi connectivity index (χ2n) is 9.58. The van der Waals surface area contributed by atoms with Crippen molar-refractivity contribution in [2.24, 2.45) is 0 Å². The van der Waals surface area contributed by atoms with Gasteiger partial charge in [-0.3, -0.25) is 9.59 Å². The first-order chi connectivity index (χ1) is 18.4. The minimum absolute atomic E-state index is 0.0616. The van der Waals surface area contributed by atoms with Gasteiger partial charge in [-0.05, 0) is 78.3 Å². The smallest absolute Gasteiger partial charge is 0.295 e. The number of likely N-dealkylation sites (tertiary alicyclic amines) is 1. The van der Waals surface area contributed by atoms with Gasteiger partial charge in [0, 0.05) is 12.1 Å². The summed E-state index contributed by atoms with van der Waals surface area (Å²) in [7, 11) is 4.66. The third kappa shape index (κ3) is 4.60. The van der Waals surface area contributed by atoms with Crippen LogP contribution in [0.4, 0.5) is 0 Å². The lowest BCUT2D eigenvalue weighted by atomic mass is 9.88. The molecule has 1 aliphatic carbocycles. The van der Waals surface area contributed by atoms with Crippen molar-refractivity contribution in [2.45, 2.75) is 38.3 Å². The highest BCUT2D eigenvalue weighted by Crippen LogP contribution is 2.43. The predicted molar refractivity (Wildman–Crippen MR) is 143 cm³/mol. The largest absolute Gasteiger partial charge is 0.507 e. The number of carbonyl (C=O) groups excluding carboxylic acids is 2. The summed E-state index contributed by atoms with van der Waals surface area (Å²) < 4.78 is 16.1. The molecule has 3 aromatic rings. The van der Waals surface area contributed by atoms with Gasteiger partial charge in [0.2, 0.25) is 0 Å². The molecule has 0 spiro atoms. The van der Waals surface area contributed by atoms with Crippen LogP contribution < -0.4 is 14.2 Å². The highest BCUT2D eigenvalue weighted by molar-refractivity contribution is 6.46. The van der Waals surface area contributed by atoms with Crippen LogP contribution in [0.5, 0.6) is 17.2 Å². The maximum Gasteiger partial charge on any atom is 0.295 e. The molecule has 1 aliphatic heterocycles.